The van der Waals surface area contributed by atoms with Gasteiger partial charge in [-0.1, -0.05) is 46.5 Å². The van der Waals surface area contributed by atoms with Crippen LogP contribution < -0.4 is 0 Å². The molecular weight excluding hydrogens is 300 g/mol. The van der Waals surface area contributed by atoms with Crippen LogP contribution in [0.5, 0.6) is 0 Å². The third-order valence-corrected chi connectivity index (χ3v) is 5.96. The summed E-state index contributed by atoms with van der Waals surface area (Å²) in [5.41, 5.74) is 0. The molecule has 4 atom stereocenters. The largest absolute Gasteiger partial charge is 0.393 e. The molecule has 3 rings (SSSR count). The van der Waals surface area contributed by atoms with E-state index in [-0.39, 0.29) is 18.3 Å². The molecule has 3 fully saturated rings. The fourth-order valence-electron chi connectivity index (χ4n) is 3.94. The molecule has 0 saturated heterocycles. The highest BCUT2D eigenvalue weighted by Crippen LogP contribution is 2.24. The lowest BCUT2D eigenvalue weighted by Crippen LogP contribution is -2.21. The second-order valence-corrected chi connectivity index (χ2v) is 8.67. The number of hydrogen-bond acceptors (Lipinski definition) is 3. The van der Waals surface area contributed by atoms with Gasteiger partial charge in [0.15, 0.2) is 0 Å². The maximum absolute atomic E-state index is 9.18. The molecule has 0 amide bonds. The van der Waals surface area contributed by atoms with Crippen LogP contribution in [0.4, 0.5) is 0 Å². The predicted molar refractivity (Wildman–Crippen MR) is 101 cm³/mol. The first-order chi connectivity index (χ1) is 11.4. The van der Waals surface area contributed by atoms with E-state index in [4.69, 9.17) is 10.2 Å². The monoisotopic (exact) mass is 342 g/mol. The van der Waals surface area contributed by atoms with Gasteiger partial charge in [-0.2, -0.15) is 0 Å². The van der Waals surface area contributed by atoms with Gasteiger partial charge in [0, 0.05) is 0 Å². The van der Waals surface area contributed by atoms with E-state index >= 15 is 0 Å². The zero-order valence-electron chi connectivity index (χ0n) is 16.3. The lowest BCUT2D eigenvalue weighted by Gasteiger charge is -2.23. The SMILES string of the molecule is CC1CCC(O)CC1.CC1CCCC(O)C1.CC1CCCCC1O. The highest BCUT2D eigenvalue weighted by molar-refractivity contribution is 4.70. The highest BCUT2D eigenvalue weighted by Gasteiger charge is 2.17. The minimum atomic E-state index is 0.00347. The van der Waals surface area contributed by atoms with Crippen LogP contribution in [-0.2, 0) is 0 Å². The maximum atomic E-state index is 9.18. The second-order valence-electron chi connectivity index (χ2n) is 8.67. The van der Waals surface area contributed by atoms with E-state index in [2.05, 4.69) is 20.8 Å². The number of aliphatic hydroxyl groups excluding tert-OH is 3. The summed E-state index contributed by atoms with van der Waals surface area (Å²) in [5.74, 6) is 2.18. The average Bonchev–Trinajstić information content (AvgIpc) is 2.54. The van der Waals surface area contributed by atoms with Gasteiger partial charge in [-0.05, 0) is 69.1 Å². The average molecular weight is 343 g/mol. The fraction of sp³-hybridized carbons (Fsp3) is 1.00. The summed E-state index contributed by atoms with van der Waals surface area (Å²) in [6, 6.07) is 0. The van der Waals surface area contributed by atoms with E-state index in [1.165, 1.54) is 44.9 Å². The van der Waals surface area contributed by atoms with E-state index < -0.39 is 0 Å². The van der Waals surface area contributed by atoms with Gasteiger partial charge in [-0.15, -0.1) is 0 Å². The van der Waals surface area contributed by atoms with E-state index in [0.717, 1.165) is 43.9 Å². The Hall–Kier alpha value is -0.120. The summed E-state index contributed by atoms with van der Waals surface area (Å²) in [6.45, 7) is 6.60. The van der Waals surface area contributed by atoms with Crippen LogP contribution >= 0.6 is 0 Å². The molecule has 0 aromatic carbocycles. The lowest BCUT2D eigenvalue weighted by molar-refractivity contribution is 0.0793. The van der Waals surface area contributed by atoms with Gasteiger partial charge < -0.3 is 15.3 Å². The second kappa shape index (κ2) is 12.3. The molecule has 3 nitrogen and oxygen atoms in total. The Kier molecular flexibility index (Phi) is 11.2. The Morgan fingerprint density at radius 3 is 1.54 bits per heavy atom. The molecule has 0 aromatic rings. The molecule has 0 bridgehead atoms. The zero-order valence-corrected chi connectivity index (χ0v) is 16.3. The van der Waals surface area contributed by atoms with Gasteiger partial charge in [-0.25, -0.2) is 0 Å². The van der Waals surface area contributed by atoms with Gasteiger partial charge in [0.1, 0.15) is 0 Å². The summed E-state index contributed by atoms with van der Waals surface area (Å²) in [7, 11) is 0. The first-order valence-corrected chi connectivity index (χ1v) is 10.4. The minimum Gasteiger partial charge on any atom is -0.393 e. The molecule has 3 heteroatoms. The number of aliphatic hydroxyl groups is 3. The summed E-state index contributed by atoms with van der Waals surface area (Å²) in [6.07, 6.45) is 13.9. The number of hydrogen-bond donors (Lipinski definition) is 3. The molecule has 144 valence electrons. The van der Waals surface area contributed by atoms with Gasteiger partial charge in [0.05, 0.1) is 18.3 Å². The third-order valence-electron chi connectivity index (χ3n) is 5.96. The summed E-state index contributed by atoms with van der Waals surface area (Å²) >= 11 is 0. The Morgan fingerprint density at radius 1 is 0.542 bits per heavy atom. The Bertz CT molecular complexity index is 271. The quantitative estimate of drug-likeness (QED) is 0.599. The Morgan fingerprint density at radius 2 is 1.17 bits per heavy atom. The molecule has 3 aliphatic rings. The topological polar surface area (TPSA) is 60.7 Å². The minimum absolute atomic E-state index is 0.00347. The predicted octanol–water partition coefficient (Wildman–Crippen LogP) is 4.67. The van der Waals surface area contributed by atoms with Crippen molar-refractivity contribution in [3.05, 3.63) is 0 Å². The summed E-state index contributed by atoms with van der Waals surface area (Å²) in [5, 5.41) is 27.3. The zero-order chi connectivity index (χ0) is 17.9. The van der Waals surface area contributed by atoms with Crippen LogP contribution in [-0.4, -0.2) is 33.6 Å². The Labute approximate surface area is 149 Å². The van der Waals surface area contributed by atoms with Crippen LogP contribution in [0.2, 0.25) is 0 Å². The van der Waals surface area contributed by atoms with Crippen molar-refractivity contribution in [3.63, 3.8) is 0 Å². The van der Waals surface area contributed by atoms with Crippen LogP contribution in [0.1, 0.15) is 97.8 Å². The first-order valence-electron chi connectivity index (χ1n) is 10.4. The molecule has 3 N–H and O–H groups in total. The van der Waals surface area contributed by atoms with Crippen molar-refractivity contribution in [2.24, 2.45) is 17.8 Å². The standard InChI is InChI=1S/3C7H14O/c1-6-2-4-7(8)5-3-6;1-6-3-2-4-7(8)5-6;1-6-4-2-3-5-7(6)8/h3*6-8H,2-5H2,1H3. The van der Waals surface area contributed by atoms with Crippen molar-refractivity contribution >= 4 is 0 Å². The van der Waals surface area contributed by atoms with Gasteiger partial charge in [0.2, 0.25) is 0 Å². The van der Waals surface area contributed by atoms with Crippen molar-refractivity contribution < 1.29 is 15.3 Å². The van der Waals surface area contributed by atoms with Crippen LogP contribution in [0.15, 0.2) is 0 Å². The van der Waals surface area contributed by atoms with E-state index in [1.54, 1.807) is 0 Å². The molecule has 24 heavy (non-hydrogen) atoms. The smallest absolute Gasteiger partial charge is 0.0565 e. The van der Waals surface area contributed by atoms with Crippen molar-refractivity contribution in [2.75, 3.05) is 0 Å². The van der Waals surface area contributed by atoms with E-state index in [9.17, 15) is 5.11 Å². The van der Waals surface area contributed by atoms with Crippen molar-refractivity contribution in [3.8, 4) is 0 Å². The van der Waals surface area contributed by atoms with Crippen molar-refractivity contribution in [1.82, 2.24) is 0 Å². The normalized spacial score (nSPS) is 39.8. The van der Waals surface area contributed by atoms with Gasteiger partial charge >= 0.3 is 0 Å². The number of rotatable bonds is 0. The molecule has 4 unspecified atom stereocenters. The van der Waals surface area contributed by atoms with Crippen molar-refractivity contribution in [2.45, 2.75) is 116 Å². The van der Waals surface area contributed by atoms with Crippen LogP contribution in [0, 0.1) is 17.8 Å². The summed E-state index contributed by atoms with van der Waals surface area (Å²) in [4.78, 5) is 0. The van der Waals surface area contributed by atoms with Gasteiger partial charge in [0.25, 0.3) is 0 Å². The maximum Gasteiger partial charge on any atom is 0.0565 e. The van der Waals surface area contributed by atoms with E-state index in [1.807, 2.05) is 0 Å². The molecule has 0 aliphatic heterocycles. The first kappa shape index (κ1) is 21.9. The van der Waals surface area contributed by atoms with Crippen LogP contribution in [0.25, 0.3) is 0 Å². The van der Waals surface area contributed by atoms with Gasteiger partial charge in [-0.3, -0.25) is 0 Å². The molecule has 0 spiro atoms. The van der Waals surface area contributed by atoms with Crippen molar-refractivity contribution in [1.29, 1.82) is 0 Å². The highest BCUT2D eigenvalue weighted by atomic mass is 16.3. The molecule has 0 aromatic heterocycles. The molecule has 3 saturated carbocycles. The summed E-state index contributed by atoms with van der Waals surface area (Å²) < 4.78 is 0. The third kappa shape index (κ3) is 10.0. The molecule has 3 aliphatic carbocycles. The molecule has 0 heterocycles. The van der Waals surface area contributed by atoms with E-state index in [0.29, 0.717) is 5.92 Å². The lowest BCUT2D eigenvalue weighted by atomic mass is 9.88. The Balaban J connectivity index is 0.000000180. The van der Waals surface area contributed by atoms with Crippen LogP contribution in [0.3, 0.4) is 0 Å². The fourth-order valence-corrected chi connectivity index (χ4v) is 3.94. The molecular formula is C21H42O3. The molecule has 0 radical (unpaired) electrons.